The molecule has 0 saturated carbocycles. The van der Waals surface area contributed by atoms with E-state index in [0.717, 1.165) is 16.8 Å². The summed E-state index contributed by atoms with van der Waals surface area (Å²) in [6.07, 6.45) is 1.70. The second kappa shape index (κ2) is 8.81. The molecule has 1 amide bonds. The van der Waals surface area contributed by atoms with Crippen LogP contribution in [-0.4, -0.2) is 45.1 Å². The number of hydrogen-bond donors (Lipinski definition) is 1. The molecule has 160 valence electrons. The number of anilines is 1. The van der Waals surface area contributed by atoms with Gasteiger partial charge in [-0.1, -0.05) is 54.1 Å². The van der Waals surface area contributed by atoms with Crippen molar-refractivity contribution in [3.05, 3.63) is 84.2 Å². The maximum Gasteiger partial charge on any atom is 0.322 e. The first-order valence-electron chi connectivity index (χ1n) is 9.93. The van der Waals surface area contributed by atoms with E-state index in [4.69, 9.17) is 4.42 Å². The molecule has 0 spiro atoms. The lowest BCUT2D eigenvalue weighted by molar-refractivity contribution is 0.102. The molecule has 0 bridgehead atoms. The minimum absolute atomic E-state index is 0.00740. The highest BCUT2D eigenvalue weighted by Crippen LogP contribution is 2.26. The molecule has 0 fully saturated rings. The van der Waals surface area contributed by atoms with E-state index in [1.54, 1.807) is 30.5 Å². The van der Waals surface area contributed by atoms with Gasteiger partial charge in [0.1, 0.15) is 5.69 Å². The molecule has 8 nitrogen and oxygen atoms in total. The topological polar surface area (TPSA) is 97.0 Å². The number of hydrogen-bond acceptors (Lipinski definition) is 7. The summed E-state index contributed by atoms with van der Waals surface area (Å²) in [4.78, 5) is 23.4. The fraction of sp³-hybridized carbons (Fsp3) is 0.125. The van der Waals surface area contributed by atoms with E-state index in [-0.39, 0.29) is 17.8 Å². The fourth-order valence-electron chi connectivity index (χ4n) is 3.01. The molecule has 0 atom stereocenters. The maximum atomic E-state index is 12.3. The van der Waals surface area contributed by atoms with Crippen molar-refractivity contribution in [2.24, 2.45) is 0 Å². The quantitative estimate of drug-likeness (QED) is 0.491. The highest BCUT2D eigenvalue weighted by Gasteiger charge is 2.17. The lowest BCUT2D eigenvalue weighted by Gasteiger charge is -2.16. The molecule has 4 aromatic rings. The predicted molar refractivity (Wildman–Crippen MR) is 123 cm³/mol. The summed E-state index contributed by atoms with van der Waals surface area (Å²) in [5, 5.41) is 10.6. The third-order valence-corrected chi connectivity index (χ3v) is 4.89. The SMILES string of the molecule is C=C(c1ccc(-c2cnc(C)c(-c3nnc(NC(=O)c4ccccc4)o3)n2)cc1)N(C)C. The van der Waals surface area contributed by atoms with Gasteiger partial charge in [0.05, 0.1) is 17.6 Å². The standard InChI is InChI=1S/C24H22N6O2/c1-15-21(23-28-29-24(32-23)27-22(31)19-8-6-5-7-9-19)26-20(14-25-15)18-12-10-17(11-13-18)16(2)30(3)4/h5-14H,2H2,1,3-4H3,(H,27,29,31). The normalized spacial score (nSPS) is 10.6. The van der Waals surface area contributed by atoms with Gasteiger partial charge in [-0.25, -0.2) is 4.98 Å². The van der Waals surface area contributed by atoms with Crippen molar-refractivity contribution in [1.82, 2.24) is 25.1 Å². The molecule has 0 aliphatic heterocycles. The van der Waals surface area contributed by atoms with Crippen molar-refractivity contribution in [2.75, 3.05) is 19.4 Å². The average molecular weight is 426 g/mol. The first-order chi connectivity index (χ1) is 15.4. The summed E-state index contributed by atoms with van der Waals surface area (Å²) in [6.45, 7) is 5.88. The van der Waals surface area contributed by atoms with Gasteiger partial charge in [-0.05, 0) is 24.6 Å². The molecule has 2 aromatic carbocycles. The van der Waals surface area contributed by atoms with Crippen molar-refractivity contribution in [3.63, 3.8) is 0 Å². The van der Waals surface area contributed by atoms with Crippen molar-refractivity contribution in [2.45, 2.75) is 6.92 Å². The molecule has 0 aliphatic rings. The number of carbonyl (C=O) groups is 1. The third-order valence-electron chi connectivity index (χ3n) is 4.89. The van der Waals surface area contributed by atoms with Crippen LogP contribution < -0.4 is 5.32 Å². The van der Waals surface area contributed by atoms with E-state index < -0.39 is 0 Å². The highest BCUT2D eigenvalue weighted by atomic mass is 16.4. The smallest absolute Gasteiger partial charge is 0.322 e. The fourth-order valence-corrected chi connectivity index (χ4v) is 3.01. The molecular formula is C24H22N6O2. The summed E-state index contributed by atoms with van der Waals surface area (Å²) >= 11 is 0. The van der Waals surface area contributed by atoms with Crippen LogP contribution in [0, 0.1) is 6.92 Å². The highest BCUT2D eigenvalue weighted by molar-refractivity contribution is 6.03. The van der Waals surface area contributed by atoms with Gasteiger partial charge < -0.3 is 9.32 Å². The lowest BCUT2D eigenvalue weighted by Crippen LogP contribution is -2.11. The molecule has 0 saturated heterocycles. The minimum Gasteiger partial charge on any atom is -0.401 e. The van der Waals surface area contributed by atoms with Crippen molar-refractivity contribution >= 4 is 17.6 Å². The summed E-state index contributed by atoms with van der Waals surface area (Å²) in [6, 6.07) is 16.7. The Bertz CT molecular complexity index is 1260. The number of aromatic nitrogens is 4. The van der Waals surface area contributed by atoms with Crippen molar-refractivity contribution in [1.29, 1.82) is 0 Å². The van der Waals surface area contributed by atoms with Gasteiger partial charge in [-0.3, -0.25) is 15.1 Å². The molecule has 4 rings (SSSR count). The van der Waals surface area contributed by atoms with Gasteiger partial charge in [0, 0.05) is 30.9 Å². The van der Waals surface area contributed by atoms with E-state index in [1.165, 1.54) is 0 Å². The van der Waals surface area contributed by atoms with Crippen LogP contribution in [0.1, 0.15) is 21.6 Å². The van der Waals surface area contributed by atoms with Crippen molar-refractivity contribution < 1.29 is 9.21 Å². The van der Waals surface area contributed by atoms with Crippen LogP contribution in [0.15, 0.2) is 71.8 Å². The lowest BCUT2D eigenvalue weighted by atomic mass is 10.1. The number of nitrogens with zero attached hydrogens (tertiary/aromatic N) is 5. The zero-order valence-electron chi connectivity index (χ0n) is 18.0. The summed E-state index contributed by atoms with van der Waals surface area (Å²) in [5.74, 6) is -0.158. The molecule has 1 N–H and O–H groups in total. The number of amides is 1. The first-order valence-corrected chi connectivity index (χ1v) is 9.93. The van der Waals surface area contributed by atoms with Gasteiger partial charge in [-0.2, -0.15) is 0 Å². The van der Waals surface area contributed by atoms with E-state index >= 15 is 0 Å². The Hall–Kier alpha value is -4.33. The number of aryl methyl sites for hydroxylation is 1. The Morgan fingerprint density at radius 2 is 1.72 bits per heavy atom. The Balaban J connectivity index is 1.57. The van der Waals surface area contributed by atoms with E-state index in [0.29, 0.717) is 22.6 Å². The van der Waals surface area contributed by atoms with Gasteiger partial charge in [-0.15, -0.1) is 5.10 Å². The van der Waals surface area contributed by atoms with Gasteiger partial charge in [0.25, 0.3) is 11.8 Å². The predicted octanol–water partition coefficient (Wildman–Crippen LogP) is 4.29. The molecule has 32 heavy (non-hydrogen) atoms. The summed E-state index contributed by atoms with van der Waals surface area (Å²) in [7, 11) is 3.91. The van der Waals surface area contributed by atoms with E-state index in [1.807, 2.05) is 56.3 Å². The number of benzene rings is 2. The van der Waals surface area contributed by atoms with Crippen LogP contribution in [0.3, 0.4) is 0 Å². The van der Waals surface area contributed by atoms with Gasteiger partial charge in [0.15, 0.2) is 0 Å². The average Bonchev–Trinajstić information content (AvgIpc) is 3.27. The zero-order valence-corrected chi connectivity index (χ0v) is 18.0. The molecule has 0 aliphatic carbocycles. The molecular weight excluding hydrogens is 404 g/mol. The van der Waals surface area contributed by atoms with Crippen LogP contribution in [0.2, 0.25) is 0 Å². The number of rotatable bonds is 6. The van der Waals surface area contributed by atoms with Crippen LogP contribution in [0.4, 0.5) is 6.01 Å². The van der Waals surface area contributed by atoms with Gasteiger partial charge in [0.2, 0.25) is 0 Å². The third kappa shape index (κ3) is 4.39. The zero-order chi connectivity index (χ0) is 22.7. The second-order valence-electron chi connectivity index (χ2n) is 7.34. The minimum atomic E-state index is -0.336. The second-order valence-corrected chi connectivity index (χ2v) is 7.34. The van der Waals surface area contributed by atoms with E-state index in [2.05, 4.69) is 32.1 Å². The van der Waals surface area contributed by atoms with Gasteiger partial charge >= 0.3 is 6.01 Å². The monoisotopic (exact) mass is 426 g/mol. The maximum absolute atomic E-state index is 12.3. The summed E-state index contributed by atoms with van der Waals surface area (Å²) in [5.41, 5.74) is 5.09. The Morgan fingerprint density at radius 3 is 2.41 bits per heavy atom. The molecule has 0 radical (unpaired) electrons. The Morgan fingerprint density at radius 1 is 1.00 bits per heavy atom. The molecule has 8 heteroatoms. The number of nitrogens with one attached hydrogen (secondary N) is 1. The molecule has 2 aromatic heterocycles. The Kier molecular flexibility index (Phi) is 5.76. The van der Waals surface area contributed by atoms with Crippen molar-refractivity contribution in [3.8, 4) is 22.8 Å². The van der Waals surface area contributed by atoms with Crippen LogP contribution >= 0.6 is 0 Å². The van der Waals surface area contributed by atoms with E-state index in [9.17, 15) is 4.79 Å². The molecule has 2 heterocycles. The number of carbonyl (C=O) groups excluding carboxylic acids is 1. The van der Waals surface area contributed by atoms with Crippen LogP contribution in [-0.2, 0) is 0 Å². The summed E-state index contributed by atoms with van der Waals surface area (Å²) < 4.78 is 5.64. The first kappa shape index (κ1) is 20.9. The molecule has 0 unspecified atom stereocenters. The van der Waals surface area contributed by atoms with Crippen LogP contribution in [0.5, 0.6) is 0 Å². The largest absolute Gasteiger partial charge is 0.401 e. The van der Waals surface area contributed by atoms with Crippen LogP contribution in [0.25, 0.3) is 28.5 Å². The Labute approximate surface area is 185 Å².